The predicted octanol–water partition coefficient (Wildman–Crippen LogP) is 2.29. The van der Waals surface area contributed by atoms with Crippen molar-refractivity contribution in [2.75, 3.05) is 6.54 Å². The van der Waals surface area contributed by atoms with E-state index in [0.29, 0.717) is 5.69 Å². The number of aliphatic hydroxyl groups excluding tert-OH is 1. The topological polar surface area (TPSA) is 45.1 Å². The Balaban J connectivity index is 2.66. The molecule has 0 fully saturated rings. The van der Waals surface area contributed by atoms with Crippen LogP contribution in [0.5, 0.6) is 0 Å². The van der Waals surface area contributed by atoms with E-state index in [2.05, 4.69) is 10.3 Å². The number of halogens is 3. The summed E-state index contributed by atoms with van der Waals surface area (Å²) in [6, 6.07) is 4.95. The van der Waals surface area contributed by atoms with Crippen LogP contribution in [-0.2, 0) is 0 Å². The van der Waals surface area contributed by atoms with Crippen LogP contribution >= 0.6 is 0 Å². The maximum Gasteiger partial charge on any atom is 0.415 e. The van der Waals surface area contributed by atoms with Crippen LogP contribution in [0.4, 0.5) is 13.2 Å². The fourth-order valence-corrected chi connectivity index (χ4v) is 1.60. The molecule has 1 aromatic rings. The summed E-state index contributed by atoms with van der Waals surface area (Å²) >= 11 is 0. The largest absolute Gasteiger partial charge is 0.415 e. The molecule has 2 atom stereocenters. The highest BCUT2D eigenvalue weighted by molar-refractivity contribution is 5.09. The molecule has 1 rings (SSSR count). The number of alkyl halides is 3. The summed E-state index contributed by atoms with van der Waals surface area (Å²) in [5.74, 6) is 0.0698. The summed E-state index contributed by atoms with van der Waals surface area (Å²) in [4.78, 5) is 4.12. The number of aliphatic hydroxyl groups is 1. The van der Waals surface area contributed by atoms with Crippen molar-refractivity contribution in [3.63, 3.8) is 0 Å². The molecule has 3 nitrogen and oxygen atoms in total. The molecule has 0 saturated heterocycles. The van der Waals surface area contributed by atoms with Crippen LogP contribution in [-0.4, -0.2) is 28.9 Å². The highest BCUT2D eigenvalue weighted by atomic mass is 19.4. The Bertz CT molecular complexity index is 354. The van der Waals surface area contributed by atoms with Gasteiger partial charge in [0, 0.05) is 12.7 Å². The monoisotopic (exact) mass is 262 g/mol. The molecule has 2 N–H and O–H groups in total. The molecule has 102 valence electrons. The highest BCUT2D eigenvalue weighted by Crippen LogP contribution is 2.22. The van der Waals surface area contributed by atoms with Gasteiger partial charge in [-0.3, -0.25) is 4.98 Å². The lowest BCUT2D eigenvalue weighted by molar-refractivity contribution is -0.202. The molecule has 1 aromatic heterocycles. The molecule has 0 radical (unpaired) electrons. The first-order chi connectivity index (χ1) is 8.32. The van der Waals surface area contributed by atoms with Crippen LogP contribution in [0.1, 0.15) is 25.6 Å². The third-order valence-corrected chi connectivity index (χ3v) is 2.58. The third-order valence-electron chi connectivity index (χ3n) is 2.58. The van der Waals surface area contributed by atoms with Gasteiger partial charge < -0.3 is 10.4 Å². The smallest absolute Gasteiger partial charge is 0.382 e. The van der Waals surface area contributed by atoms with Crippen LogP contribution in [0.3, 0.4) is 0 Å². The molecule has 0 saturated carbocycles. The van der Waals surface area contributed by atoms with Crippen molar-refractivity contribution < 1.29 is 18.3 Å². The molecule has 1 heterocycles. The van der Waals surface area contributed by atoms with Crippen molar-refractivity contribution in [1.82, 2.24) is 10.3 Å². The summed E-state index contributed by atoms with van der Waals surface area (Å²) in [6.07, 6.45) is -5.37. The Morgan fingerprint density at radius 2 is 2.00 bits per heavy atom. The van der Waals surface area contributed by atoms with Crippen LogP contribution < -0.4 is 5.32 Å². The highest BCUT2D eigenvalue weighted by Gasteiger charge is 2.38. The molecule has 0 unspecified atom stereocenters. The zero-order valence-electron chi connectivity index (χ0n) is 10.3. The number of aromatic nitrogens is 1. The van der Waals surface area contributed by atoms with E-state index in [4.69, 9.17) is 5.11 Å². The lowest BCUT2D eigenvalue weighted by atomic mass is 10.00. The van der Waals surface area contributed by atoms with E-state index in [-0.39, 0.29) is 12.0 Å². The van der Waals surface area contributed by atoms with Crippen molar-refractivity contribution in [1.29, 1.82) is 0 Å². The SMILES string of the molecule is CC(C)[C@H](NC[C@H](O)C(F)(F)F)c1ccccn1. The fraction of sp³-hybridized carbons (Fsp3) is 0.583. The van der Waals surface area contributed by atoms with Gasteiger partial charge in [0.25, 0.3) is 0 Å². The number of pyridine rings is 1. The van der Waals surface area contributed by atoms with Gasteiger partial charge in [-0.15, -0.1) is 0 Å². The molecule has 6 heteroatoms. The van der Waals surface area contributed by atoms with Crippen LogP contribution in [0, 0.1) is 5.92 Å². The van der Waals surface area contributed by atoms with E-state index in [1.54, 1.807) is 24.4 Å². The van der Waals surface area contributed by atoms with E-state index in [9.17, 15) is 13.2 Å². The lowest BCUT2D eigenvalue weighted by Crippen LogP contribution is -2.41. The first-order valence-electron chi connectivity index (χ1n) is 5.71. The number of hydrogen-bond acceptors (Lipinski definition) is 3. The average Bonchev–Trinajstić information content (AvgIpc) is 2.28. The maximum atomic E-state index is 12.2. The summed E-state index contributed by atoms with van der Waals surface area (Å²) in [5.41, 5.74) is 0.668. The van der Waals surface area contributed by atoms with Gasteiger partial charge in [0.2, 0.25) is 0 Å². The van der Waals surface area contributed by atoms with Gasteiger partial charge in [-0.25, -0.2) is 0 Å². The minimum Gasteiger partial charge on any atom is -0.382 e. The second-order valence-electron chi connectivity index (χ2n) is 4.44. The number of hydrogen-bond donors (Lipinski definition) is 2. The normalized spacial score (nSPS) is 15.7. The van der Waals surface area contributed by atoms with Crippen molar-refractivity contribution in [2.45, 2.75) is 32.2 Å². The Hall–Kier alpha value is -1.14. The molecular weight excluding hydrogens is 245 g/mol. The molecular formula is C12H17F3N2O. The first-order valence-corrected chi connectivity index (χ1v) is 5.71. The first kappa shape index (κ1) is 14.9. The Morgan fingerprint density at radius 1 is 1.33 bits per heavy atom. The van der Waals surface area contributed by atoms with Gasteiger partial charge in [0.15, 0.2) is 6.10 Å². The minimum absolute atomic E-state index is 0.0698. The average molecular weight is 262 g/mol. The van der Waals surface area contributed by atoms with Gasteiger partial charge in [-0.05, 0) is 18.1 Å². The Kier molecular flexibility index (Phi) is 5.10. The summed E-state index contributed by atoms with van der Waals surface area (Å²) in [6.45, 7) is 3.22. The summed E-state index contributed by atoms with van der Waals surface area (Å²) < 4.78 is 36.6. The van der Waals surface area contributed by atoms with Crippen LogP contribution in [0.25, 0.3) is 0 Å². The van der Waals surface area contributed by atoms with Crippen LogP contribution in [0.2, 0.25) is 0 Å². The zero-order valence-corrected chi connectivity index (χ0v) is 10.3. The number of nitrogens with one attached hydrogen (secondary N) is 1. The molecule has 0 bridgehead atoms. The fourth-order valence-electron chi connectivity index (χ4n) is 1.60. The summed E-state index contributed by atoms with van der Waals surface area (Å²) in [7, 11) is 0. The molecule has 0 aliphatic heterocycles. The van der Waals surface area contributed by atoms with E-state index in [0.717, 1.165) is 0 Å². The van der Waals surface area contributed by atoms with Crippen molar-refractivity contribution >= 4 is 0 Å². The van der Waals surface area contributed by atoms with Gasteiger partial charge in [0.1, 0.15) is 0 Å². The lowest BCUT2D eigenvalue weighted by Gasteiger charge is -2.24. The number of rotatable bonds is 5. The zero-order chi connectivity index (χ0) is 13.8. The quantitative estimate of drug-likeness (QED) is 0.855. The second kappa shape index (κ2) is 6.15. The second-order valence-corrected chi connectivity index (χ2v) is 4.44. The molecule has 0 aliphatic carbocycles. The van der Waals surface area contributed by atoms with Gasteiger partial charge in [-0.1, -0.05) is 19.9 Å². The van der Waals surface area contributed by atoms with Crippen molar-refractivity contribution in [2.24, 2.45) is 5.92 Å². The number of nitrogens with zero attached hydrogens (tertiary/aromatic N) is 1. The Morgan fingerprint density at radius 3 is 2.44 bits per heavy atom. The van der Waals surface area contributed by atoms with Crippen molar-refractivity contribution in [3.05, 3.63) is 30.1 Å². The minimum atomic E-state index is -4.60. The van der Waals surface area contributed by atoms with Crippen LogP contribution in [0.15, 0.2) is 24.4 Å². The third kappa shape index (κ3) is 4.27. The van der Waals surface area contributed by atoms with E-state index >= 15 is 0 Å². The molecule has 0 aromatic carbocycles. The van der Waals surface area contributed by atoms with E-state index in [1.807, 2.05) is 13.8 Å². The summed E-state index contributed by atoms with van der Waals surface area (Å²) in [5, 5.41) is 11.7. The Labute approximate surface area is 104 Å². The van der Waals surface area contributed by atoms with E-state index in [1.165, 1.54) is 0 Å². The maximum absolute atomic E-state index is 12.2. The molecule has 0 amide bonds. The van der Waals surface area contributed by atoms with E-state index < -0.39 is 18.8 Å². The molecule has 0 spiro atoms. The molecule has 18 heavy (non-hydrogen) atoms. The van der Waals surface area contributed by atoms with Gasteiger partial charge in [0.05, 0.1) is 11.7 Å². The van der Waals surface area contributed by atoms with Gasteiger partial charge >= 0.3 is 6.18 Å². The predicted molar refractivity (Wildman–Crippen MR) is 61.9 cm³/mol. The van der Waals surface area contributed by atoms with Gasteiger partial charge in [-0.2, -0.15) is 13.2 Å². The standard InChI is InChI=1S/C12H17F3N2O/c1-8(2)11(9-5-3-4-6-16-9)17-7-10(18)12(13,14)15/h3-6,8,10-11,17-18H,7H2,1-2H3/t10-,11-/m0/s1. The van der Waals surface area contributed by atoms with Crippen molar-refractivity contribution in [3.8, 4) is 0 Å². The molecule has 0 aliphatic rings.